The Morgan fingerprint density at radius 1 is 0.348 bits per heavy atom. The molecule has 0 nitrogen and oxygen atoms in total. The second-order valence-electron chi connectivity index (χ2n) is 13.1. The molecule has 0 aliphatic rings. The van der Waals surface area contributed by atoms with Crippen LogP contribution in [0.3, 0.4) is 0 Å². The predicted octanol–water partition coefficient (Wildman–Crippen LogP) is 14.5. The van der Waals surface area contributed by atoms with Crippen LogP contribution in [0.25, 0.3) is 21.5 Å². The van der Waals surface area contributed by atoms with Gasteiger partial charge in [0.05, 0.1) is 0 Å². The summed E-state index contributed by atoms with van der Waals surface area (Å²) in [5, 5.41) is 5.40. The molecule has 0 unspecified atom stereocenters. The highest BCUT2D eigenvalue weighted by atomic mass is 14.1. The van der Waals surface area contributed by atoms with Crippen LogP contribution in [0.2, 0.25) is 0 Å². The largest absolute Gasteiger partial charge is 0.0776 e. The first kappa shape index (κ1) is 38.0. The normalized spacial score (nSPS) is 10.5. The molecule has 0 saturated carbocycles. The van der Waals surface area contributed by atoms with E-state index in [1.807, 2.05) is 6.07 Å². The van der Waals surface area contributed by atoms with Gasteiger partial charge in [0, 0.05) is 0 Å². The van der Waals surface area contributed by atoms with Crippen molar-refractivity contribution >= 4 is 21.5 Å². The highest BCUT2D eigenvalue weighted by Gasteiger charge is 2.03. The van der Waals surface area contributed by atoms with Gasteiger partial charge in [0.25, 0.3) is 0 Å². The monoisotopic (exact) mass is 610 g/mol. The van der Waals surface area contributed by atoms with Crippen molar-refractivity contribution in [2.75, 3.05) is 0 Å². The standard InChI is InChI=1S/2C13H14.C10H14.C9H12.CH4/c1-10(2)12-9-5-7-11-6-3-4-8-13(11)12;1-10(2)12-8-7-11-5-3-4-6-13(11)9-12;1-8(2)10-6-4-5-9(3)7-10;1-8(2)9-6-4-3-5-7-9;/h2*3-10H,1-2H3;4-8H,1-3H3;3-8H,1-2H3;1H4. The summed E-state index contributed by atoms with van der Waals surface area (Å²) in [6.07, 6.45) is 0. The Labute approximate surface area is 281 Å². The zero-order valence-corrected chi connectivity index (χ0v) is 29.1. The van der Waals surface area contributed by atoms with Crippen molar-refractivity contribution in [2.24, 2.45) is 0 Å². The third-order valence-electron chi connectivity index (χ3n) is 8.06. The maximum absolute atomic E-state index is 2.28. The van der Waals surface area contributed by atoms with E-state index in [0.29, 0.717) is 23.7 Å². The van der Waals surface area contributed by atoms with Crippen LogP contribution in [0.5, 0.6) is 0 Å². The summed E-state index contributed by atoms with van der Waals surface area (Å²) in [7, 11) is 0. The number of hydrogen-bond donors (Lipinski definition) is 0. The lowest BCUT2D eigenvalue weighted by Gasteiger charge is -2.08. The van der Waals surface area contributed by atoms with Crippen molar-refractivity contribution < 1.29 is 0 Å². The molecule has 6 aromatic carbocycles. The lowest BCUT2D eigenvalue weighted by atomic mass is 9.96. The van der Waals surface area contributed by atoms with Crippen molar-refractivity contribution in [2.45, 2.75) is 93.4 Å². The van der Waals surface area contributed by atoms with Gasteiger partial charge in [0.2, 0.25) is 0 Å². The van der Waals surface area contributed by atoms with E-state index in [1.165, 1.54) is 49.4 Å². The molecule has 0 saturated heterocycles. The Morgan fingerprint density at radius 3 is 1.37 bits per heavy atom. The maximum Gasteiger partial charge on any atom is -0.0149 e. The zero-order chi connectivity index (χ0) is 32.8. The molecular weight excluding hydrogens is 553 g/mol. The van der Waals surface area contributed by atoms with E-state index in [-0.39, 0.29) is 7.43 Å². The SMILES string of the molecule is C.CC(C)c1ccc2ccccc2c1.CC(C)c1cccc2ccccc12.CC(C)c1ccccc1.Cc1cccc(C(C)C)c1. The third kappa shape index (κ3) is 12.0. The van der Waals surface area contributed by atoms with Crippen LogP contribution in [0.15, 0.2) is 140 Å². The second kappa shape index (κ2) is 19.4. The Balaban J connectivity index is 0.000000215. The predicted molar refractivity (Wildman–Crippen MR) is 209 cm³/mol. The average Bonchev–Trinajstić information content (AvgIpc) is 3.05. The minimum atomic E-state index is 0. The molecule has 242 valence electrons. The molecule has 6 aromatic rings. The van der Waals surface area contributed by atoms with Crippen LogP contribution < -0.4 is 0 Å². The van der Waals surface area contributed by atoms with Crippen molar-refractivity contribution in [3.8, 4) is 0 Å². The first-order valence-electron chi connectivity index (χ1n) is 16.6. The van der Waals surface area contributed by atoms with Gasteiger partial charge in [0.15, 0.2) is 0 Å². The van der Waals surface area contributed by atoms with E-state index in [9.17, 15) is 0 Å². The van der Waals surface area contributed by atoms with Crippen LogP contribution in [0.1, 0.15) is 114 Å². The Morgan fingerprint density at radius 2 is 0.826 bits per heavy atom. The van der Waals surface area contributed by atoms with E-state index in [0.717, 1.165) is 0 Å². The number of fused-ring (bicyclic) bond motifs is 2. The van der Waals surface area contributed by atoms with Crippen LogP contribution in [-0.4, -0.2) is 0 Å². The van der Waals surface area contributed by atoms with Gasteiger partial charge in [-0.2, -0.15) is 0 Å². The van der Waals surface area contributed by atoms with Gasteiger partial charge < -0.3 is 0 Å². The number of hydrogen-bond acceptors (Lipinski definition) is 0. The van der Waals surface area contributed by atoms with Crippen molar-refractivity contribution in [3.63, 3.8) is 0 Å². The Bertz CT molecular complexity index is 1690. The first-order valence-corrected chi connectivity index (χ1v) is 16.6. The number of rotatable bonds is 4. The van der Waals surface area contributed by atoms with E-state index >= 15 is 0 Å². The summed E-state index contributed by atoms with van der Waals surface area (Å²) >= 11 is 0. The van der Waals surface area contributed by atoms with Crippen molar-refractivity contribution in [1.29, 1.82) is 0 Å². The third-order valence-corrected chi connectivity index (χ3v) is 8.06. The summed E-state index contributed by atoms with van der Waals surface area (Å²) in [6.45, 7) is 19.9. The summed E-state index contributed by atoms with van der Waals surface area (Å²) in [6, 6.07) is 49.4. The molecule has 0 atom stereocenters. The van der Waals surface area contributed by atoms with Crippen molar-refractivity contribution in [1.82, 2.24) is 0 Å². The van der Waals surface area contributed by atoms with Gasteiger partial charge in [-0.25, -0.2) is 0 Å². The second-order valence-corrected chi connectivity index (χ2v) is 13.1. The van der Waals surface area contributed by atoms with Gasteiger partial charge in [0.1, 0.15) is 0 Å². The molecule has 0 amide bonds. The fourth-order valence-electron chi connectivity index (χ4n) is 5.19. The van der Waals surface area contributed by atoms with Crippen LogP contribution in [0.4, 0.5) is 0 Å². The van der Waals surface area contributed by atoms with E-state index in [4.69, 9.17) is 0 Å². The van der Waals surface area contributed by atoms with Crippen LogP contribution in [-0.2, 0) is 0 Å². The van der Waals surface area contributed by atoms with Crippen LogP contribution in [0, 0.1) is 6.92 Å². The molecule has 0 aliphatic heterocycles. The van der Waals surface area contributed by atoms with E-state index in [1.54, 1.807) is 0 Å². The molecule has 0 spiro atoms. The van der Waals surface area contributed by atoms with E-state index < -0.39 is 0 Å². The lowest BCUT2D eigenvalue weighted by Crippen LogP contribution is -1.88. The quantitative estimate of drug-likeness (QED) is 0.186. The first-order chi connectivity index (χ1) is 21.6. The van der Waals surface area contributed by atoms with E-state index in [2.05, 4.69) is 196 Å². The fourth-order valence-corrected chi connectivity index (χ4v) is 5.19. The van der Waals surface area contributed by atoms with Gasteiger partial charge >= 0.3 is 0 Å². The molecule has 0 bridgehead atoms. The molecule has 0 fully saturated rings. The summed E-state index contributed by atoms with van der Waals surface area (Å²) < 4.78 is 0. The zero-order valence-electron chi connectivity index (χ0n) is 29.1. The lowest BCUT2D eigenvalue weighted by molar-refractivity contribution is 0.865. The molecule has 0 radical (unpaired) electrons. The van der Waals surface area contributed by atoms with Crippen LogP contribution >= 0.6 is 0 Å². The fraction of sp³-hybridized carbons (Fsp3) is 0.304. The minimum absolute atomic E-state index is 0. The molecule has 0 heterocycles. The molecule has 46 heavy (non-hydrogen) atoms. The Kier molecular flexibility index (Phi) is 16.0. The number of benzene rings is 6. The molecular formula is C46H58. The Hall–Kier alpha value is -4.16. The minimum Gasteiger partial charge on any atom is -0.0776 e. The summed E-state index contributed by atoms with van der Waals surface area (Å²) in [5.41, 5.74) is 7.06. The number of aryl methyl sites for hydroxylation is 1. The average molecular weight is 611 g/mol. The smallest absolute Gasteiger partial charge is 0.0149 e. The van der Waals surface area contributed by atoms with Gasteiger partial charge in [-0.05, 0) is 74.4 Å². The summed E-state index contributed by atoms with van der Waals surface area (Å²) in [4.78, 5) is 0. The highest BCUT2D eigenvalue weighted by Crippen LogP contribution is 2.25. The van der Waals surface area contributed by atoms with Gasteiger partial charge in [-0.1, -0.05) is 208 Å². The van der Waals surface area contributed by atoms with Gasteiger partial charge in [-0.15, -0.1) is 0 Å². The summed E-state index contributed by atoms with van der Waals surface area (Å²) in [5.74, 6) is 2.53. The topological polar surface area (TPSA) is 0 Å². The van der Waals surface area contributed by atoms with Gasteiger partial charge in [-0.3, -0.25) is 0 Å². The molecule has 0 aromatic heterocycles. The molecule has 0 N–H and O–H groups in total. The van der Waals surface area contributed by atoms with Crippen molar-refractivity contribution in [3.05, 3.63) is 167 Å². The molecule has 6 rings (SSSR count). The maximum atomic E-state index is 2.28. The highest BCUT2D eigenvalue weighted by molar-refractivity contribution is 5.86. The molecule has 0 heteroatoms. The molecule has 0 aliphatic carbocycles.